The summed E-state index contributed by atoms with van der Waals surface area (Å²) in [4.78, 5) is 11.0. The summed E-state index contributed by atoms with van der Waals surface area (Å²) in [5.41, 5.74) is 0.439. The van der Waals surface area contributed by atoms with Crippen LogP contribution in [0.15, 0.2) is 12.3 Å². The van der Waals surface area contributed by atoms with Crippen molar-refractivity contribution in [2.45, 2.75) is 32.6 Å². The third-order valence-electron chi connectivity index (χ3n) is 3.44. The van der Waals surface area contributed by atoms with Crippen LogP contribution in [0.5, 0.6) is 0 Å². The second-order valence-electron chi connectivity index (χ2n) is 4.97. The van der Waals surface area contributed by atoms with Crippen LogP contribution in [0.25, 0.3) is 0 Å². The van der Waals surface area contributed by atoms with Crippen LogP contribution in [0.1, 0.15) is 43.0 Å². The summed E-state index contributed by atoms with van der Waals surface area (Å²) in [6.45, 7) is 2.98. The SMILES string of the molecule is CC1(CNc2nnccc2C(=O)O)CCCC1. The predicted molar refractivity (Wildman–Crippen MR) is 64.1 cm³/mol. The van der Waals surface area contributed by atoms with Gasteiger partial charge in [0.1, 0.15) is 5.56 Å². The van der Waals surface area contributed by atoms with E-state index in [-0.39, 0.29) is 11.0 Å². The number of aromatic nitrogens is 2. The topological polar surface area (TPSA) is 75.1 Å². The second-order valence-corrected chi connectivity index (χ2v) is 4.97. The second kappa shape index (κ2) is 4.69. The summed E-state index contributed by atoms with van der Waals surface area (Å²) in [5, 5.41) is 19.7. The van der Waals surface area contributed by atoms with E-state index < -0.39 is 5.97 Å². The molecule has 0 bridgehead atoms. The minimum absolute atomic E-state index is 0.182. The number of aromatic carboxylic acids is 1. The van der Waals surface area contributed by atoms with Gasteiger partial charge in [-0.3, -0.25) is 0 Å². The minimum Gasteiger partial charge on any atom is -0.478 e. The van der Waals surface area contributed by atoms with Crippen LogP contribution >= 0.6 is 0 Å². The summed E-state index contributed by atoms with van der Waals surface area (Å²) >= 11 is 0. The lowest BCUT2D eigenvalue weighted by Gasteiger charge is -2.24. The Morgan fingerprint density at radius 1 is 1.53 bits per heavy atom. The Labute approximate surface area is 100 Å². The first kappa shape index (κ1) is 11.8. The van der Waals surface area contributed by atoms with Gasteiger partial charge in [-0.1, -0.05) is 19.8 Å². The van der Waals surface area contributed by atoms with Crippen molar-refractivity contribution in [1.29, 1.82) is 0 Å². The zero-order valence-electron chi connectivity index (χ0n) is 9.94. The highest BCUT2D eigenvalue weighted by Crippen LogP contribution is 2.37. The first-order chi connectivity index (χ1) is 8.11. The quantitative estimate of drug-likeness (QED) is 0.836. The smallest absolute Gasteiger partial charge is 0.339 e. The van der Waals surface area contributed by atoms with Gasteiger partial charge in [-0.05, 0) is 24.3 Å². The summed E-state index contributed by atoms with van der Waals surface area (Å²) in [7, 11) is 0. The Kier molecular flexibility index (Phi) is 3.26. The molecule has 0 radical (unpaired) electrons. The summed E-state index contributed by atoms with van der Waals surface area (Å²) in [6, 6.07) is 1.47. The third-order valence-corrected chi connectivity index (χ3v) is 3.44. The molecule has 0 amide bonds. The molecular formula is C12H17N3O2. The first-order valence-corrected chi connectivity index (χ1v) is 5.90. The number of rotatable bonds is 4. The molecule has 0 aliphatic heterocycles. The number of nitrogens with one attached hydrogen (secondary N) is 1. The van der Waals surface area contributed by atoms with Crippen molar-refractivity contribution in [3.8, 4) is 0 Å². The van der Waals surface area contributed by atoms with Crippen LogP contribution in [-0.4, -0.2) is 27.8 Å². The number of anilines is 1. The van der Waals surface area contributed by atoms with E-state index in [4.69, 9.17) is 5.11 Å². The average Bonchev–Trinajstić information content (AvgIpc) is 2.74. The fourth-order valence-corrected chi connectivity index (χ4v) is 2.34. The van der Waals surface area contributed by atoms with Gasteiger partial charge in [-0.15, -0.1) is 5.10 Å². The van der Waals surface area contributed by atoms with Gasteiger partial charge in [0.05, 0.1) is 6.20 Å². The van der Waals surface area contributed by atoms with Crippen molar-refractivity contribution in [2.75, 3.05) is 11.9 Å². The van der Waals surface area contributed by atoms with E-state index in [1.807, 2.05) is 0 Å². The molecule has 5 nitrogen and oxygen atoms in total. The summed E-state index contributed by atoms with van der Waals surface area (Å²) < 4.78 is 0. The van der Waals surface area contributed by atoms with Crippen molar-refractivity contribution in [3.05, 3.63) is 17.8 Å². The molecule has 1 fully saturated rings. The van der Waals surface area contributed by atoms with E-state index >= 15 is 0 Å². The van der Waals surface area contributed by atoms with Crippen molar-refractivity contribution in [1.82, 2.24) is 10.2 Å². The number of hydrogen-bond donors (Lipinski definition) is 2. The molecule has 2 rings (SSSR count). The van der Waals surface area contributed by atoms with Crippen molar-refractivity contribution in [2.24, 2.45) is 5.41 Å². The zero-order valence-corrected chi connectivity index (χ0v) is 9.94. The molecule has 5 heteroatoms. The molecule has 0 unspecified atom stereocenters. The molecule has 17 heavy (non-hydrogen) atoms. The molecule has 0 saturated heterocycles. The molecule has 92 valence electrons. The molecule has 1 aliphatic carbocycles. The average molecular weight is 235 g/mol. The van der Waals surface area contributed by atoms with E-state index in [9.17, 15) is 4.79 Å². The number of carbonyl (C=O) groups is 1. The zero-order chi connectivity index (χ0) is 12.3. The van der Waals surface area contributed by atoms with Crippen LogP contribution < -0.4 is 5.32 Å². The monoisotopic (exact) mass is 235 g/mol. The largest absolute Gasteiger partial charge is 0.478 e. The minimum atomic E-state index is -0.973. The molecule has 1 aliphatic rings. The van der Waals surface area contributed by atoms with E-state index in [0.717, 1.165) is 6.54 Å². The van der Waals surface area contributed by atoms with Crippen molar-refractivity contribution in [3.63, 3.8) is 0 Å². The number of carboxylic acids is 1. The van der Waals surface area contributed by atoms with Gasteiger partial charge < -0.3 is 10.4 Å². The molecule has 1 aromatic rings. The van der Waals surface area contributed by atoms with Crippen molar-refractivity contribution < 1.29 is 9.90 Å². The Morgan fingerprint density at radius 2 is 2.24 bits per heavy atom. The van der Waals surface area contributed by atoms with Crippen LogP contribution in [0, 0.1) is 5.41 Å². The van der Waals surface area contributed by atoms with E-state index in [2.05, 4.69) is 22.4 Å². The molecule has 1 heterocycles. The predicted octanol–water partition coefficient (Wildman–Crippen LogP) is 2.17. The maximum absolute atomic E-state index is 11.0. The number of hydrogen-bond acceptors (Lipinski definition) is 4. The van der Waals surface area contributed by atoms with Crippen LogP contribution in [0.3, 0.4) is 0 Å². The molecule has 0 aromatic carbocycles. The molecular weight excluding hydrogens is 218 g/mol. The summed E-state index contributed by atoms with van der Waals surface area (Å²) in [5.74, 6) is -0.605. The maximum atomic E-state index is 11.0. The highest BCUT2D eigenvalue weighted by Gasteiger charge is 2.28. The standard InChI is InChI=1S/C12H17N3O2/c1-12(5-2-3-6-12)8-13-10-9(11(16)17)4-7-14-15-10/h4,7H,2-3,5-6,8H2,1H3,(H,13,15)(H,16,17). The lowest BCUT2D eigenvalue weighted by Crippen LogP contribution is -2.24. The maximum Gasteiger partial charge on any atom is 0.339 e. The van der Waals surface area contributed by atoms with Gasteiger partial charge in [0.25, 0.3) is 0 Å². The lowest BCUT2D eigenvalue weighted by molar-refractivity contribution is 0.0697. The van der Waals surface area contributed by atoms with Gasteiger partial charge in [0.15, 0.2) is 5.82 Å². The van der Waals surface area contributed by atoms with Crippen molar-refractivity contribution >= 4 is 11.8 Å². The molecule has 2 N–H and O–H groups in total. The van der Waals surface area contributed by atoms with E-state index in [1.54, 1.807) is 0 Å². The Balaban J connectivity index is 2.06. The highest BCUT2D eigenvalue weighted by atomic mass is 16.4. The fraction of sp³-hybridized carbons (Fsp3) is 0.583. The fourth-order valence-electron chi connectivity index (χ4n) is 2.34. The molecule has 0 spiro atoms. The lowest BCUT2D eigenvalue weighted by atomic mass is 9.89. The first-order valence-electron chi connectivity index (χ1n) is 5.90. The van der Waals surface area contributed by atoms with Gasteiger partial charge >= 0.3 is 5.97 Å². The molecule has 1 aromatic heterocycles. The Morgan fingerprint density at radius 3 is 2.88 bits per heavy atom. The highest BCUT2D eigenvalue weighted by molar-refractivity contribution is 5.92. The van der Waals surface area contributed by atoms with E-state index in [1.165, 1.54) is 37.9 Å². The third kappa shape index (κ3) is 2.72. The van der Waals surface area contributed by atoms with Gasteiger partial charge in [0, 0.05) is 6.54 Å². The molecule has 1 saturated carbocycles. The van der Waals surface area contributed by atoms with Crippen LogP contribution in [0.4, 0.5) is 5.82 Å². The van der Waals surface area contributed by atoms with Gasteiger partial charge in [-0.2, -0.15) is 5.10 Å². The van der Waals surface area contributed by atoms with Gasteiger partial charge in [0.2, 0.25) is 0 Å². The summed E-state index contributed by atoms with van der Waals surface area (Å²) in [6.07, 6.45) is 6.27. The molecule has 0 atom stereocenters. The van der Waals surface area contributed by atoms with Crippen LogP contribution in [-0.2, 0) is 0 Å². The normalized spacial score (nSPS) is 17.9. The Bertz CT molecular complexity index is 414. The van der Waals surface area contributed by atoms with E-state index in [0.29, 0.717) is 5.82 Å². The Hall–Kier alpha value is -1.65. The van der Waals surface area contributed by atoms with Gasteiger partial charge in [-0.25, -0.2) is 4.79 Å². The number of nitrogens with zero attached hydrogens (tertiary/aromatic N) is 2. The van der Waals surface area contributed by atoms with Crippen LogP contribution in [0.2, 0.25) is 0 Å². The number of carboxylic acid groups (broad SMARTS) is 1.